The second kappa shape index (κ2) is 6.38. The van der Waals surface area contributed by atoms with Gasteiger partial charge in [0.2, 0.25) is 0 Å². The zero-order chi connectivity index (χ0) is 15.2. The Morgan fingerprint density at radius 2 is 2.00 bits per heavy atom. The van der Waals surface area contributed by atoms with E-state index < -0.39 is 10.8 Å². The molecule has 7 nitrogen and oxygen atoms in total. The van der Waals surface area contributed by atoms with Crippen molar-refractivity contribution in [3.8, 4) is 5.75 Å². The third kappa shape index (κ3) is 3.93. The molecule has 0 fully saturated rings. The molecule has 0 heterocycles. The van der Waals surface area contributed by atoms with E-state index in [1.807, 2.05) is 0 Å². The fraction of sp³-hybridized carbons (Fsp3) is 0.0714. The van der Waals surface area contributed by atoms with Gasteiger partial charge in [-0.1, -0.05) is 18.2 Å². The molecule has 0 saturated carbocycles. The Kier molecular flexibility index (Phi) is 4.35. The molecule has 0 bridgehead atoms. The van der Waals surface area contributed by atoms with Crippen LogP contribution in [-0.2, 0) is 4.79 Å². The summed E-state index contributed by atoms with van der Waals surface area (Å²) < 4.78 is 5.26. The van der Waals surface area contributed by atoms with Gasteiger partial charge < -0.3 is 15.8 Å². The molecule has 1 amide bonds. The topological polar surface area (TPSA) is 107 Å². The van der Waals surface area contributed by atoms with Crippen LogP contribution < -0.4 is 15.8 Å². The van der Waals surface area contributed by atoms with Gasteiger partial charge in [-0.15, -0.1) is 0 Å². The molecular formula is C14H13N3O4. The Bertz CT molecular complexity index is 673. The number of ether oxygens (including phenoxy) is 1. The predicted octanol–water partition coefficient (Wildman–Crippen LogP) is 2.19. The van der Waals surface area contributed by atoms with Crippen molar-refractivity contribution in [2.45, 2.75) is 0 Å². The Morgan fingerprint density at radius 3 is 2.71 bits per heavy atom. The maximum Gasteiger partial charge on any atom is 0.292 e. The summed E-state index contributed by atoms with van der Waals surface area (Å²) in [6, 6.07) is 12.5. The Hall–Kier alpha value is -3.09. The zero-order valence-electron chi connectivity index (χ0n) is 11.0. The number of rotatable bonds is 5. The molecule has 2 rings (SSSR count). The Balaban J connectivity index is 1.98. The van der Waals surface area contributed by atoms with Gasteiger partial charge in [0.05, 0.1) is 4.92 Å². The van der Waals surface area contributed by atoms with Gasteiger partial charge in [0.15, 0.2) is 6.61 Å². The van der Waals surface area contributed by atoms with E-state index >= 15 is 0 Å². The van der Waals surface area contributed by atoms with Crippen molar-refractivity contribution in [3.05, 3.63) is 58.6 Å². The van der Waals surface area contributed by atoms with Crippen molar-refractivity contribution in [2.75, 3.05) is 17.7 Å². The summed E-state index contributed by atoms with van der Waals surface area (Å²) in [5.41, 5.74) is 6.06. The Labute approximate surface area is 120 Å². The van der Waals surface area contributed by atoms with Gasteiger partial charge in [-0.2, -0.15) is 0 Å². The number of nitrogens with one attached hydrogen (secondary N) is 1. The summed E-state index contributed by atoms with van der Waals surface area (Å²) >= 11 is 0. The molecule has 0 spiro atoms. The van der Waals surface area contributed by atoms with Crippen LogP contribution in [0.4, 0.5) is 17.1 Å². The van der Waals surface area contributed by atoms with Gasteiger partial charge in [-0.25, -0.2) is 0 Å². The highest BCUT2D eigenvalue weighted by atomic mass is 16.6. The largest absolute Gasteiger partial charge is 0.484 e. The standard InChI is InChI=1S/C14H13N3O4/c15-10-4-3-5-11(8-10)21-9-14(18)16-12-6-1-2-7-13(12)17(19)20/h1-8H,9,15H2,(H,16,18). The summed E-state index contributed by atoms with van der Waals surface area (Å²) in [5.74, 6) is -0.0422. The van der Waals surface area contributed by atoms with E-state index in [0.717, 1.165) is 0 Å². The number of nitro benzene ring substituents is 1. The van der Waals surface area contributed by atoms with Crippen LogP contribution in [0.15, 0.2) is 48.5 Å². The highest BCUT2D eigenvalue weighted by Gasteiger charge is 2.14. The van der Waals surface area contributed by atoms with Crippen LogP contribution in [0.5, 0.6) is 5.75 Å². The number of para-hydroxylation sites is 2. The maximum absolute atomic E-state index is 11.8. The minimum Gasteiger partial charge on any atom is -0.484 e. The van der Waals surface area contributed by atoms with Crippen LogP contribution in [0.1, 0.15) is 0 Å². The van der Waals surface area contributed by atoms with Crippen LogP contribution in [0.2, 0.25) is 0 Å². The fourth-order valence-corrected chi connectivity index (χ4v) is 1.68. The molecule has 0 saturated heterocycles. The van der Waals surface area contributed by atoms with E-state index in [-0.39, 0.29) is 18.0 Å². The van der Waals surface area contributed by atoms with Gasteiger partial charge in [-0.05, 0) is 18.2 Å². The van der Waals surface area contributed by atoms with Crippen molar-refractivity contribution in [1.82, 2.24) is 0 Å². The number of hydrogen-bond acceptors (Lipinski definition) is 5. The van der Waals surface area contributed by atoms with Gasteiger partial charge in [0, 0.05) is 17.8 Å². The quantitative estimate of drug-likeness (QED) is 0.498. The molecule has 0 unspecified atom stereocenters. The average Bonchev–Trinajstić information content (AvgIpc) is 2.45. The second-order valence-electron chi connectivity index (χ2n) is 4.18. The van der Waals surface area contributed by atoms with Gasteiger partial charge in [0.25, 0.3) is 11.6 Å². The molecule has 7 heteroatoms. The van der Waals surface area contributed by atoms with Gasteiger partial charge in [-0.3, -0.25) is 14.9 Å². The molecule has 108 valence electrons. The SMILES string of the molecule is Nc1cccc(OCC(=O)Nc2ccccc2[N+](=O)[O-])c1. The number of benzene rings is 2. The third-order valence-electron chi connectivity index (χ3n) is 2.60. The number of amides is 1. The lowest BCUT2D eigenvalue weighted by Crippen LogP contribution is -2.20. The molecule has 0 aromatic heterocycles. The molecule has 0 aliphatic carbocycles. The molecule has 2 aromatic carbocycles. The number of carbonyl (C=O) groups is 1. The molecular weight excluding hydrogens is 274 g/mol. The maximum atomic E-state index is 11.8. The number of nitrogens with zero attached hydrogens (tertiary/aromatic N) is 1. The van der Waals surface area contributed by atoms with Crippen LogP contribution in [-0.4, -0.2) is 17.4 Å². The highest BCUT2D eigenvalue weighted by Crippen LogP contribution is 2.23. The van der Waals surface area contributed by atoms with Crippen LogP contribution in [0.3, 0.4) is 0 Å². The van der Waals surface area contributed by atoms with Crippen molar-refractivity contribution in [3.63, 3.8) is 0 Å². The lowest BCUT2D eigenvalue weighted by Gasteiger charge is -2.08. The van der Waals surface area contributed by atoms with E-state index in [0.29, 0.717) is 11.4 Å². The lowest BCUT2D eigenvalue weighted by molar-refractivity contribution is -0.383. The number of nitrogen functional groups attached to an aromatic ring is 1. The normalized spacial score (nSPS) is 9.90. The number of nitrogens with two attached hydrogens (primary N) is 1. The summed E-state index contributed by atoms with van der Waals surface area (Å²) in [5, 5.41) is 13.3. The summed E-state index contributed by atoms with van der Waals surface area (Å²) in [4.78, 5) is 22.0. The highest BCUT2D eigenvalue weighted by molar-refractivity contribution is 5.94. The monoisotopic (exact) mass is 287 g/mol. The second-order valence-corrected chi connectivity index (χ2v) is 4.18. The molecule has 3 N–H and O–H groups in total. The lowest BCUT2D eigenvalue weighted by atomic mass is 10.2. The first-order valence-electron chi connectivity index (χ1n) is 6.08. The van der Waals surface area contributed by atoms with Crippen molar-refractivity contribution in [2.24, 2.45) is 0 Å². The first-order chi connectivity index (χ1) is 10.1. The summed E-state index contributed by atoms with van der Waals surface area (Å²) in [7, 11) is 0. The summed E-state index contributed by atoms with van der Waals surface area (Å²) in [6.45, 7) is -0.268. The van der Waals surface area contributed by atoms with E-state index in [4.69, 9.17) is 10.5 Å². The minimum absolute atomic E-state index is 0.128. The van der Waals surface area contributed by atoms with Gasteiger partial charge >= 0.3 is 0 Å². The van der Waals surface area contributed by atoms with E-state index in [2.05, 4.69) is 5.32 Å². The first-order valence-corrected chi connectivity index (χ1v) is 6.08. The molecule has 2 aromatic rings. The molecule has 0 radical (unpaired) electrons. The van der Waals surface area contributed by atoms with E-state index in [9.17, 15) is 14.9 Å². The molecule has 21 heavy (non-hydrogen) atoms. The van der Waals surface area contributed by atoms with Crippen molar-refractivity contribution < 1.29 is 14.5 Å². The predicted molar refractivity (Wildman–Crippen MR) is 78.1 cm³/mol. The Morgan fingerprint density at radius 1 is 1.24 bits per heavy atom. The third-order valence-corrected chi connectivity index (χ3v) is 2.60. The molecule has 0 aliphatic rings. The first kappa shape index (κ1) is 14.3. The fourth-order valence-electron chi connectivity index (χ4n) is 1.68. The minimum atomic E-state index is -0.561. The smallest absolute Gasteiger partial charge is 0.292 e. The zero-order valence-corrected chi connectivity index (χ0v) is 11.0. The van der Waals surface area contributed by atoms with Gasteiger partial charge in [0.1, 0.15) is 11.4 Å². The number of hydrogen-bond donors (Lipinski definition) is 2. The van der Waals surface area contributed by atoms with E-state index in [1.165, 1.54) is 18.2 Å². The van der Waals surface area contributed by atoms with E-state index in [1.54, 1.807) is 30.3 Å². The average molecular weight is 287 g/mol. The van der Waals surface area contributed by atoms with Crippen molar-refractivity contribution in [1.29, 1.82) is 0 Å². The number of anilines is 2. The van der Waals surface area contributed by atoms with Crippen LogP contribution >= 0.6 is 0 Å². The molecule has 0 aliphatic heterocycles. The number of carbonyl (C=O) groups excluding carboxylic acids is 1. The molecule has 0 atom stereocenters. The van der Waals surface area contributed by atoms with Crippen LogP contribution in [0.25, 0.3) is 0 Å². The van der Waals surface area contributed by atoms with Crippen molar-refractivity contribution >= 4 is 23.0 Å². The number of nitro groups is 1. The van der Waals surface area contributed by atoms with Crippen LogP contribution in [0, 0.1) is 10.1 Å². The summed E-state index contributed by atoms with van der Waals surface area (Å²) in [6.07, 6.45) is 0.